The number of hydrogen-bond acceptors (Lipinski definition) is 2. The zero-order valence-electron chi connectivity index (χ0n) is 12.6. The van der Waals surface area contributed by atoms with E-state index in [4.69, 9.17) is 0 Å². The van der Waals surface area contributed by atoms with Crippen LogP contribution >= 0.6 is 0 Å². The largest absolute Gasteiger partial charge is 0.308 e. The summed E-state index contributed by atoms with van der Waals surface area (Å²) < 4.78 is 13.0. The lowest BCUT2D eigenvalue weighted by Crippen LogP contribution is -2.66. The SMILES string of the molecule is CC1(C)CNC2(CCCC2)CN1Cc1ccc(F)cc1. The zero-order valence-corrected chi connectivity index (χ0v) is 12.6. The second kappa shape index (κ2) is 5.12. The molecule has 2 aliphatic rings. The molecule has 0 radical (unpaired) electrons. The van der Waals surface area contributed by atoms with E-state index in [1.54, 1.807) is 12.1 Å². The van der Waals surface area contributed by atoms with E-state index in [0.717, 1.165) is 19.6 Å². The summed E-state index contributed by atoms with van der Waals surface area (Å²) in [6.45, 7) is 7.65. The molecule has 1 heterocycles. The van der Waals surface area contributed by atoms with Gasteiger partial charge in [-0.3, -0.25) is 4.90 Å². The molecule has 1 aliphatic heterocycles. The molecule has 1 saturated carbocycles. The summed E-state index contributed by atoms with van der Waals surface area (Å²) in [5, 5.41) is 3.81. The van der Waals surface area contributed by atoms with Crippen molar-refractivity contribution in [2.24, 2.45) is 0 Å². The average molecular weight is 276 g/mol. The molecule has 0 aromatic heterocycles. The van der Waals surface area contributed by atoms with E-state index in [0.29, 0.717) is 5.54 Å². The second-order valence-corrected chi connectivity index (χ2v) is 7.14. The quantitative estimate of drug-likeness (QED) is 0.891. The molecule has 3 heteroatoms. The molecular formula is C17H25FN2. The van der Waals surface area contributed by atoms with Gasteiger partial charge in [-0.15, -0.1) is 0 Å². The van der Waals surface area contributed by atoms with E-state index in [1.165, 1.54) is 31.2 Å². The van der Waals surface area contributed by atoms with Gasteiger partial charge in [0.1, 0.15) is 5.82 Å². The van der Waals surface area contributed by atoms with Crippen molar-refractivity contribution in [1.82, 2.24) is 10.2 Å². The summed E-state index contributed by atoms with van der Waals surface area (Å²) in [6, 6.07) is 6.95. The molecule has 0 bridgehead atoms. The molecule has 1 saturated heterocycles. The number of halogens is 1. The van der Waals surface area contributed by atoms with Crippen molar-refractivity contribution >= 4 is 0 Å². The Labute approximate surface area is 121 Å². The fourth-order valence-corrected chi connectivity index (χ4v) is 3.62. The van der Waals surface area contributed by atoms with Crippen molar-refractivity contribution in [3.8, 4) is 0 Å². The first kappa shape index (κ1) is 14.0. The normalized spacial score (nSPS) is 25.1. The first-order valence-corrected chi connectivity index (χ1v) is 7.74. The standard InChI is InChI=1S/C17H25FN2/c1-16(2)12-19-17(9-3-4-10-17)13-20(16)11-14-5-7-15(18)8-6-14/h5-8,19H,3-4,9-13H2,1-2H3. The van der Waals surface area contributed by atoms with Gasteiger partial charge in [-0.1, -0.05) is 25.0 Å². The van der Waals surface area contributed by atoms with Crippen LogP contribution in [0.25, 0.3) is 0 Å². The predicted molar refractivity (Wildman–Crippen MR) is 80.1 cm³/mol. The Morgan fingerprint density at radius 3 is 2.45 bits per heavy atom. The fraction of sp³-hybridized carbons (Fsp3) is 0.647. The number of rotatable bonds is 2. The predicted octanol–water partition coefficient (Wildman–Crippen LogP) is 3.32. The Bertz CT molecular complexity index is 460. The summed E-state index contributed by atoms with van der Waals surface area (Å²) in [5.74, 6) is -0.152. The van der Waals surface area contributed by atoms with Crippen molar-refractivity contribution in [1.29, 1.82) is 0 Å². The first-order valence-electron chi connectivity index (χ1n) is 7.74. The van der Waals surface area contributed by atoms with Crippen LogP contribution in [-0.2, 0) is 6.54 Å². The molecule has 1 aliphatic carbocycles. The van der Waals surface area contributed by atoms with Gasteiger partial charge in [-0.2, -0.15) is 0 Å². The van der Waals surface area contributed by atoms with Gasteiger partial charge < -0.3 is 5.32 Å². The van der Waals surface area contributed by atoms with Crippen LogP contribution in [0.15, 0.2) is 24.3 Å². The van der Waals surface area contributed by atoms with Gasteiger partial charge in [-0.05, 0) is 44.4 Å². The van der Waals surface area contributed by atoms with Crippen molar-refractivity contribution in [3.63, 3.8) is 0 Å². The third-order valence-electron chi connectivity index (χ3n) is 5.09. The molecule has 1 spiro atoms. The van der Waals surface area contributed by atoms with Crippen LogP contribution < -0.4 is 5.32 Å². The Balaban J connectivity index is 1.76. The van der Waals surface area contributed by atoms with Gasteiger partial charge >= 0.3 is 0 Å². The lowest BCUT2D eigenvalue weighted by molar-refractivity contribution is 0.0217. The number of nitrogens with zero attached hydrogens (tertiary/aromatic N) is 1. The number of hydrogen-bond donors (Lipinski definition) is 1. The molecule has 1 aromatic rings. The van der Waals surface area contributed by atoms with Crippen LogP contribution in [0, 0.1) is 5.82 Å². The highest BCUT2D eigenvalue weighted by Crippen LogP contribution is 2.36. The molecule has 20 heavy (non-hydrogen) atoms. The van der Waals surface area contributed by atoms with Crippen LogP contribution in [0.2, 0.25) is 0 Å². The zero-order chi connectivity index (χ0) is 14.2. The maximum atomic E-state index is 13.0. The first-order chi connectivity index (χ1) is 9.49. The average Bonchev–Trinajstić information content (AvgIpc) is 2.86. The van der Waals surface area contributed by atoms with Crippen molar-refractivity contribution in [2.45, 2.75) is 57.2 Å². The summed E-state index contributed by atoms with van der Waals surface area (Å²) in [4.78, 5) is 2.57. The highest BCUT2D eigenvalue weighted by Gasteiger charge is 2.43. The van der Waals surface area contributed by atoms with Gasteiger partial charge in [0.2, 0.25) is 0 Å². The minimum absolute atomic E-state index is 0.152. The van der Waals surface area contributed by atoms with Gasteiger partial charge in [-0.25, -0.2) is 4.39 Å². The van der Waals surface area contributed by atoms with E-state index in [1.807, 2.05) is 12.1 Å². The van der Waals surface area contributed by atoms with E-state index in [9.17, 15) is 4.39 Å². The fourth-order valence-electron chi connectivity index (χ4n) is 3.62. The summed E-state index contributed by atoms with van der Waals surface area (Å²) >= 11 is 0. The summed E-state index contributed by atoms with van der Waals surface area (Å²) in [7, 11) is 0. The van der Waals surface area contributed by atoms with E-state index >= 15 is 0 Å². The van der Waals surface area contributed by atoms with Crippen LogP contribution in [0.4, 0.5) is 4.39 Å². The molecule has 0 unspecified atom stereocenters. The topological polar surface area (TPSA) is 15.3 Å². The van der Waals surface area contributed by atoms with Gasteiger partial charge in [0.15, 0.2) is 0 Å². The van der Waals surface area contributed by atoms with E-state index < -0.39 is 0 Å². The Morgan fingerprint density at radius 1 is 1.15 bits per heavy atom. The Morgan fingerprint density at radius 2 is 1.80 bits per heavy atom. The van der Waals surface area contributed by atoms with Gasteiger partial charge in [0.25, 0.3) is 0 Å². The number of benzene rings is 1. The Kier molecular flexibility index (Phi) is 3.59. The van der Waals surface area contributed by atoms with Crippen LogP contribution in [-0.4, -0.2) is 29.1 Å². The van der Waals surface area contributed by atoms with Crippen LogP contribution in [0.1, 0.15) is 45.1 Å². The van der Waals surface area contributed by atoms with E-state index in [2.05, 4.69) is 24.1 Å². The molecule has 2 nitrogen and oxygen atoms in total. The monoisotopic (exact) mass is 276 g/mol. The molecule has 110 valence electrons. The molecule has 1 aromatic carbocycles. The Hall–Kier alpha value is -0.930. The minimum atomic E-state index is -0.152. The van der Waals surface area contributed by atoms with Crippen molar-refractivity contribution in [2.75, 3.05) is 13.1 Å². The van der Waals surface area contributed by atoms with Crippen LogP contribution in [0.3, 0.4) is 0 Å². The molecule has 2 fully saturated rings. The lowest BCUT2D eigenvalue weighted by Gasteiger charge is -2.51. The van der Waals surface area contributed by atoms with Gasteiger partial charge in [0.05, 0.1) is 0 Å². The lowest BCUT2D eigenvalue weighted by atomic mass is 9.87. The number of piperazine rings is 1. The maximum Gasteiger partial charge on any atom is 0.123 e. The molecule has 0 amide bonds. The maximum absolute atomic E-state index is 13.0. The third kappa shape index (κ3) is 2.75. The second-order valence-electron chi connectivity index (χ2n) is 7.14. The van der Waals surface area contributed by atoms with Crippen molar-refractivity contribution < 1.29 is 4.39 Å². The van der Waals surface area contributed by atoms with Crippen LogP contribution in [0.5, 0.6) is 0 Å². The van der Waals surface area contributed by atoms with Gasteiger partial charge in [0, 0.05) is 30.7 Å². The molecular weight excluding hydrogens is 251 g/mol. The van der Waals surface area contributed by atoms with Crippen molar-refractivity contribution in [3.05, 3.63) is 35.6 Å². The number of nitrogens with one attached hydrogen (secondary N) is 1. The summed E-state index contributed by atoms with van der Waals surface area (Å²) in [6.07, 6.45) is 5.28. The molecule has 3 rings (SSSR count). The smallest absolute Gasteiger partial charge is 0.123 e. The minimum Gasteiger partial charge on any atom is -0.308 e. The highest BCUT2D eigenvalue weighted by atomic mass is 19.1. The van der Waals surface area contributed by atoms with E-state index in [-0.39, 0.29) is 11.4 Å². The third-order valence-corrected chi connectivity index (χ3v) is 5.09. The summed E-state index contributed by atoms with van der Waals surface area (Å²) in [5.41, 5.74) is 1.69. The highest BCUT2D eigenvalue weighted by molar-refractivity contribution is 5.17. The molecule has 1 N–H and O–H groups in total. The molecule has 0 atom stereocenters.